The van der Waals surface area contributed by atoms with Crippen LogP contribution in [0, 0.1) is 0 Å². The molecule has 0 aliphatic carbocycles. The van der Waals surface area contributed by atoms with Gasteiger partial charge < -0.3 is 10.1 Å². The van der Waals surface area contributed by atoms with Gasteiger partial charge in [-0.05, 0) is 29.1 Å². The third-order valence-corrected chi connectivity index (χ3v) is 3.53. The second-order valence-corrected chi connectivity index (χ2v) is 5.22. The lowest BCUT2D eigenvalue weighted by molar-refractivity contribution is -0.139. The molecule has 1 aromatic heterocycles. The number of carbonyl (C=O) groups is 2. The molecule has 2 amide bonds. The van der Waals surface area contributed by atoms with E-state index < -0.39 is 11.8 Å². The Morgan fingerprint density at radius 2 is 2.00 bits per heavy atom. The van der Waals surface area contributed by atoms with Crippen LogP contribution in [0.1, 0.15) is 10.4 Å². The van der Waals surface area contributed by atoms with Crippen molar-refractivity contribution in [1.29, 1.82) is 0 Å². The van der Waals surface area contributed by atoms with Crippen molar-refractivity contribution >= 4 is 29.4 Å². The van der Waals surface area contributed by atoms with E-state index in [-0.39, 0.29) is 6.54 Å². The largest absolute Gasteiger partial charge is 0.497 e. The van der Waals surface area contributed by atoms with E-state index in [1.165, 1.54) is 17.6 Å². The minimum Gasteiger partial charge on any atom is -0.497 e. The summed E-state index contributed by atoms with van der Waals surface area (Å²) in [6.45, 7) is 0.255. The maximum atomic E-state index is 11.6. The lowest BCUT2D eigenvalue weighted by atomic mass is 10.2. The highest BCUT2D eigenvalue weighted by molar-refractivity contribution is 7.11. The molecule has 114 valence electrons. The summed E-state index contributed by atoms with van der Waals surface area (Å²) in [4.78, 5) is 24.0. The number of benzene rings is 1. The number of thiophene rings is 1. The summed E-state index contributed by atoms with van der Waals surface area (Å²) >= 11 is 1.48. The van der Waals surface area contributed by atoms with E-state index in [2.05, 4.69) is 15.8 Å². The van der Waals surface area contributed by atoms with Gasteiger partial charge in [0.05, 0.1) is 13.3 Å². The van der Waals surface area contributed by atoms with Crippen molar-refractivity contribution < 1.29 is 14.3 Å². The van der Waals surface area contributed by atoms with Crippen LogP contribution < -0.4 is 15.5 Å². The van der Waals surface area contributed by atoms with E-state index in [1.54, 1.807) is 19.2 Å². The minimum absolute atomic E-state index is 0.255. The van der Waals surface area contributed by atoms with E-state index in [4.69, 9.17) is 4.74 Å². The molecule has 1 heterocycles. The molecular weight excluding hydrogens is 302 g/mol. The Morgan fingerprint density at radius 3 is 2.64 bits per heavy atom. The van der Waals surface area contributed by atoms with Crippen LogP contribution in [-0.4, -0.2) is 25.1 Å². The van der Waals surface area contributed by atoms with Crippen molar-refractivity contribution in [1.82, 2.24) is 10.7 Å². The maximum absolute atomic E-state index is 11.6. The zero-order valence-corrected chi connectivity index (χ0v) is 12.7. The number of hydrazone groups is 1. The third kappa shape index (κ3) is 4.71. The van der Waals surface area contributed by atoms with Crippen LogP contribution in [0.3, 0.4) is 0 Å². The Hall–Kier alpha value is -2.67. The molecule has 0 radical (unpaired) electrons. The van der Waals surface area contributed by atoms with Gasteiger partial charge in [0.1, 0.15) is 5.75 Å². The quantitative estimate of drug-likeness (QED) is 0.498. The van der Waals surface area contributed by atoms with E-state index in [0.29, 0.717) is 0 Å². The van der Waals surface area contributed by atoms with Crippen molar-refractivity contribution in [3.05, 3.63) is 52.2 Å². The number of amides is 2. The molecule has 2 rings (SSSR count). The van der Waals surface area contributed by atoms with Gasteiger partial charge in [-0.2, -0.15) is 5.10 Å². The van der Waals surface area contributed by atoms with Gasteiger partial charge in [-0.3, -0.25) is 9.59 Å². The van der Waals surface area contributed by atoms with Gasteiger partial charge >= 0.3 is 11.8 Å². The molecule has 0 bridgehead atoms. The lowest BCUT2D eigenvalue weighted by Crippen LogP contribution is -2.37. The number of ether oxygens (including phenoxy) is 1. The second kappa shape index (κ2) is 7.94. The van der Waals surface area contributed by atoms with Crippen molar-refractivity contribution in [2.45, 2.75) is 6.54 Å². The molecule has 6 nitrogen and oxygen atoms in total. The first kappa shape index (κ1) is 15.7. The minimum atomic E-state index is -0.804. The van der Waals surface area contributed by atoms with Gasteiger partial charge in [0.25, 0.3) is 0 Å². The molecule has 1 aromatic carbocycles. The zero-order valence-electron chi connectivity index (χ0n) is 11.9. The van der Waals surface area contributed by atoms with Crippen molar-refractivity contribution in [2.24, 2.45) is 5.10 Å². The Bertz CT molecular complexity index is 651. The SMILES string of the molecule is COc1ccc(CNC(=O)C(=O)N/N=C\c2cccs2)cc1. The van der Waals surface area contributed by atoms with Crippen LogP contribution in [-0.2, 0) is 16.1 Å². The number of nitrogens with one attached hydrogen (secondary N) is 2. The van der Waals surface area contributed by atoms with Crippen LogP contribution in [0.4, 0.5) is 0 Å². The molecule has 0 atom stereocenters. The molecular formula is C15H15N3O3S. The molecule has 0 fully saturated rings. The summed E-state index contributed by atoms with van der Waals surface area (Å²) in [6, 6.07) is 10.9. The highest BCUT2D eigenvalue weighted by atomic mass is 32.1. The average Bonchev–Trinajstić information content (AvgIpc) is 3.06. The molecule has 7 heteroatoms. The van der Waals surface area contributed by atoms with Crippen LogP contribution in [0.5, 0.6) is 5.75 Å². The summed E-state index contributed by atoms with van der Waals surface area (Å²) in [5.41, 5.74) is 3.05. The molecule has 0 saturated heterocycles. The Labute approximate surface area is 131 Å². The third-order valence-electron chi connectivity index (χ3n) is 2.72. The number of methoxy groups -OCH3 is 1. The molecule has 0 spiro atoms. The molecule has 22 heavy (non-hydrogen) atoms. The maximum Gasteiger partial charge on any atom is 0.329 e. The van der Waals surface area contributed by atoms with Gasteiger partial charge in [0, 0.05) is 11.4 Å². The van der Waals surface area contributed by atoms with Gasteiger partial charge in [-0.15, -0.1) is 11.3 Å². The van der Waals surface area contributed by atoms with Crippen LogP contribution in [0.2, 0.25) is 0 Å². The van der Waals surface area contributed by atoms with Gasteiger partial charge in [-0.25, -0.2) is 5.43 Å². The summed E-state index contributed by atoms with van der Waals surface area (Å²) in [6.07, 6.45) is 1.49. The highest BCUT2D eigenvalue weighted by Crippen LogP contribution is 2.10. The zero-order chi connectivity index (χ0) is 15.8. The van der Waals surface area contributed by atoms with Crippen molar-refractivity contribution in [2.75, 3.05) is 7.11 Å². The number of rotatable bonds is 5. The fourth-order valence-electron chi connectivity index (χ4n) is 1.58. The highest BCUT2D eigenvalue weighted by Gasteiger charge is 2.11. The van der Waals surface area contributed by atoms with E-state index in [9.17, 15) is 9.59 Å². The van der Waals surface area contributed by atoms with Gasteiger partial charge in [0.2, 0.25) is 0 Å². The number of carbonyl (C=O) groups excluding carboxylic acids is 2. The Kier molecular flexibility index (Phi) is 5.67. The summed E-state index contributed by atoms with van der Waals surface area (Å²) < 4.78 is 5.04. The monoisotopic (exact) mass is 317 g/mol. The normalized spacial score (nSPS) is 10.4. The predicted molar refractivity (Wildman–Crippen MR) is 84.9 cm³/mol. The predicted octanol–water partition coefficient (Wildman–Crippen LogP) is 1.52. The number of nitrogens with zero attached hydrogens (tertiary/aromatic N) is 1. The fraction of sp³-hybridized carbons (Fsp3) is 0.133. The van der Waals surface area contributed by atoms with Gasteiger partial charge in [0.15, 0.2) is 0 Å². The summed E-state index contributed by atoms with van der Waals surface area (Å²) in [5, 5.41) is 8.13. The molecule has 0 aliphatic heterocycles. The standard InChI is InChI=1S/C15H15N3O3S/c1-21-12-6-4-11(5-7-12)9-16-14(19)15(20)18-17-10-13-3-2-8-22-13/h2-8,10H,9H2,1H3,(H,16,19)(H,18,20)/b17-10-. The smallest absolute Gasteiger partial charge is 0.329 e. The van der Waals surface area contributed by atoms with Crippen molar-refractivity contribution in [3.8, 4) is 5.75 Å². The van der Waals surface area contributed by atoms with Gasteiger partial charge in [-0.1, -0.05) is 18.2 Å². The number of hydrogen-bond acceptors (Lipinski definition) is 5. The van der Waals surface area contributed by atoms with E-state index in [0.717, 1.165) is 16.2 Å². The fourth-order valence-corrected chi connectivity index (χ4v) is 2.16. The first-order valence-electron chi connectivity index (χ1n) is 6.46. The van der Waals surface area contributed by atoms with Crippen LogP contribution in [0.25, 0.3) is 0 Å². The first-order chi connectivity index (χ1) is 10.7. The molecule has 0 saturated carbocycles. The number of hydrogen-bond donors (Lipinski definition) is 2. The Balaban J connectivity index is 1.77. The van der Waals surface area contributed by atoms with E-state index >= 15 is 0 Å². The first-order valence-corrected chi connectivity index (χ1v) is 7.34. The topological polar surface area (TPSA) is 79.8 Å². The second-order valence-electron chi connectivity index (χ2n) is 4.25. The molecule has 0 unspecified atom stereocenters. The van der Waals surface area contributed by atoms with Crippen LogP contribution in [0.15, 0.2) is 46.9 Å². The Morgan fingerprint density at radius 1 is 1.23 bits per heavy atom. The molecule has 2 aromatic rings. The lowest BCUT2D eigenvalue weighted by Gasteiger charge is -2.05. The summed E-state index contributed by atoms with van der Waals surface area (Å²) in [5.74, 6) is -0.809. The van der Waals surface area contributed by atoms with Crippen LogP contribution >= 0.6 is 11.3 Å². The summed E-state index contributed by atoms with van der Waals surface area (Å²) in [7, 11) is 1.58. The van der Waals surface area contributed by atoms with Crippen molar-refractivity contribution in [3.63, 3.8) is 0 Å². The average molecular weight is 317 g/mol. The molecule has 2 N–H and O–H groups in total. The molecule has 0 aliphatic rings. The van der Waals surface area contributed by atoms with E-state index in [1.807, 2.05) is 29.6 Å².